The molecule has 0 saturated heterocycles. The summed E-state index contributed by atoms with van der Waals surface area (Å²) in [7, 11) is 0. The van der Waals surface area contributed by atoms with Crippen molar-refractivity contribution < 1.29 is 9.53 Å². The summed E-state index contributed by atoms with van der Waals surface area (Å²) < 4.78 is 7.31. The van der Waals surface area contributed by atoms with E-state index < -0.39 is 5.60 Å². The molecule has 0 unspecified atom stereocenters. The van der Waals surface area contributed by atoms with Crippen molar-refractivity contribution >= 4 is 43.6 Å². The molecule has 0 radical (unpaired) electrons. The van der Waals surface area contributed by atoms with Crippen LogP contribution < -0.4 is 10.6 Å². The van der Waals surface area contributed by atoms with Crippen molar-refractivity contribution in [2.45, 2.75) is 51.3 Å². The van der Waals surface area contributed by atoms with Crippen molar-refractivity contribution in [3.8, 4) is 0 Å². The first-order chi connectivity index (χ1) is 9.73. The number of alkyl carbamates (subject to hydrolysis) is 1. The summed E-state index contributed by atoms with van der Waals surface area (Å²) in [6.07, 6.45) is 1.47. The van der Waals surface area contributed by atoms with Crippen LogP contribution in [0.5, 0.6) is 0 Å². The number of nitrogens with one attached hydrogen (secondary N) is 2. The van der Waals surface area contributed by atoms with Crippen molar-refractivity contribution in [2.75, 3.05) is 5.32 Å². The Morgan fingerprint density at radius 3 is 2.48 bits per heavy atom. The first-order valence-electron chi connectivity index (χ1n) is 6.94. The highest BCUT2D eigenvalue weighted by atomic mass is 79.9. The zero-order valence-corrected chi connectivity index (χ0v) is 15.5. The third-order valence-corrected chi connectivity index (χ3v) is 4.30. The molecule has 2 N–H and O–H groups in total. The van der Waals surface area contributed by atoms with Gasteiger partial charge in [0.25, 0.3) is 0 Å². The molecule has 6 heteroatoms. The zero-order valence-electron chi connectivity index (χ0n) is 12.4. The lowest BCUT2D eigenvalue weighted by Gasteiger charge is -2.37. The zero-order chi connectivity index (χ0) is 15.6. The summed E-state index contributed by atoms with van der Waals surface area (Å²) in [5, 5.41) is 6.36. The summed E-state index contributed by atoms with van der Waals surface area (Å²) >= 11 is 6.97. The predicted molar refractivity (Wildman–Crippen MR) is 91.6 cm³/mol. The Morgan fingerprint density at radius 2 is 1.90 bits per heavy atom. The van der Waals surface area contributed by atoms with Crippen LogP contribution >= 0.6 is 31.9 Å². The monoisotopic (exact) mass is 418 g/mol. The van der Waals surface area contributed by atoms with E-state index in [0.717, 1.165) is 27.5 Å². The third-order valence-electron chi connectivity index (χ3n) is 3.15. The average molecular weight is 420 g/mol. The molecule has 2 rings (SSSR count). The second kappa shape index (κ2) is 6.57. The Labute approximate surface area is 142 Å². The van der Waals surface area contributed by atoms with Crippen LogP contribution in [-0.2, 0) is 4.74 Å². The van der Waals surface area contributed by atoms with E-state index in [0.29, 0.717) is 6.04 Å². The molecule has 21 heavy (non-hydrogen) atoms. The van der Waals surface area contributed by atoms with E-state index in [1.165, 1.54) is 0 Å². The molecule has 1 aliphatic carbocycles. The van der Waals surface area contributed by atoms with Gasteiger partial charge < -0.3 is 15.4 Å². The maximum Gasteiger partial charge on any atom is 0.407 e. The van der Waals surface area contributed by atoms with E-state index in [1.807, 2.05) is 39.0 Å². The molecule has 0 aromatic heterocycles. The van der Waals surface area contributed by atoms with E-state index in [1.54, 1.807) is 0 Å². The maximum absolute atomic E-state index is 11.7. The Balaban J connectivity index is 1.75. The molecular formula is C15H20Br2N2O2. The minimum atomic E-state index is -0.451. The SMILES string of the molecule is CC(C)(C)OC(=O)NC1CC(Nc2ccc(Br)cc2Br)C1. The quantitative estimate of drug-likeness (QED) is 0.747. The molecule has 1 aromatic rings. The highest BCUT2D eigenvalue weighted by Gasteiger charge is 2.31. The lowest BCUT2D eigenvalue weighted by molar-refractivity contribution is 0.0475. The minimum absolute atomic E-state index is 0.187. The van der Waals surface area contributed by atoms with E-state index >= 15 is 0 Å². The van der Waals surface area contributed by atoms with Crippen LogP contribution in [0.3, 0.4) is 0 Å². The first kappa shape index (κ1) is 16.6. The average Bonchev–Trinajstić information content (AvgIpc) is 2.26. The Morgan fingerprint density at radius 1 is 1.24 bits per heavy atom. The molecule has 0 bridgehead atoms. The standard InChI is InChI=1S/C15H20Br2N2O2/c1-15(2,3)21-14(20)19-11-7-10(8-11)18-13-5-4-9(16)6-12(13)17/h4-6,10-11,18H,7-8H2,1-3H3,(H,19,20). The van der Waals surface area contributed by atoms with Gasteiger partial charge >= 0.3 is 6.09 Å². The molecule has 0 spiro atoms. The number of hydrogen-bond donors (Lipinski definition) is 2. The molecule has 116 valence electrons. The van der Waals surface area contributed by atoms with Crippen molar-refractivity contribution in [2.24, 2.45) is 0 Å². The van der Waals surface area contributed by atoms with E-state index in [4.69, 9.17) is 4.74 Å². The van der Waals surface area contributed by atoms with Crippen LogP contribution in [0.25, 0.3) is 0 Å². The smallest absolute Gasteiger partial charge is 0.407 e. The summed E-state index contributed by atoms with van der Waals surface area (Å²) in [5.41, 5.74) is 0.618. The van der Waals surface area contributed by atoms with Crippen LogP contribution in [-0.4, -0.2) is 23.8 Å². The molecule has 1 amide bonds. The highest BCUT2D eigenvalue weighted by molar-refractivity contribution is 9.11. The molecule has 0 aliphatic heterocycles. The number of amides is 1. The fourth-order valence-electron chi connectivity index (χ4n) is 2.15. The Bertz CT molecular complexity index is 523. The molecule has 1 aliphatic rings. The third kappa shape index (κ3) is 5.18. The topological polar surface area (TPSA) is 50.4 Å². The van der Waals surface area contributed by atoms with Gasteiger partial charge in [0.2, 0.25) is 0 Å². The number of ether oxygens (including phenoxy) is 1. The van der Waals surface area contributed by atoms with Gasteiger partial charge in [0.1, 0.15) is 5.60 Å². The van der Waals surface area contributed by atoms with Crippen molar-refractivity contribution in [1.29, 1.82) is 0 Å². The van der Waals surface area contributed by atoms with Crippen LogP contribution in [0.4, 0.5) is 10.5 Å². The summed E-state index contributed by atoms with van der Waals surface area (Å²) in [4.78, 5) is 11.7. The molecule has 1 saturated carbocycles. The second-order valence-electron chi connectivity index (χ2n) is 6.28. The molecule has 0 atom stereocenters. The number of carbonyl (C=O) groups excluding carboxylic acids is 1. The minimum Gasteiger partial charge on any atom is -0.444 e. The van der Waals surface area contributed by atoms with Crippen molar-refractivity contribution in [1.82, 2.24) is 5.32 Å². The fraction of sp³-hybridized carbons (Fsp3) is 0.533. The summed E-state index contributed by atoms with van der Waals surface area (Å²) in [6, 6.07) is 6.61. The van der Waals surface area contributed by atoms with Crippen LogP contribution in [0.2, 0.25) is 0 Å². The Kier molecular flexibility index (Phi) is 5.20. The number of carbonyl (C=O) groups is 1. The van der Waals surface area contributed by atoms with Crippen molar-refractivity contribution in [3.63, 3.8) is 0 Å². The lowest BCUT2D eigenvalue weighted by atomic mass is 9.86. The number of benzene rings is 1. The van der Waals surface area contributed by atoms with Crippen LogP contribution in [0, 0.1) is 0 Å². The normalized spacial score (nSPS) is 21.4. The van der Waals surface area contributed by atoms with Crippen LogP contribution in [0.1, 0.15) is 33.6 Å². The van der Waals surface area contributed by atoms with Crippen LogP contribution in [0.15, 0.2) is 27.1 Å². The number of hydrogen-bond acceptors (Lipinski definition) is 3. The second-order valence-corrected chi connectivity index (χ2v) is 8.05. The molecular weight excluding hydrogens is 400 g/mol. The van der Waals surface area contributed by atoms with Gasteiger partial charge in [-0.2, -0.15) is 0 Å². The lowest BCUT2D eigenvalue weighted by Crippen LogP contribution is -2.50. The maximum atomic E-state index is 11.7. The fourth-order valence-corrected chi connectivity index (χ4v) is 3.32. The van der Waals surface area contributed by atoms with E-state index in [-0.39, 0.29) is 12.1 Å². The molecule has 1 aromatic carbocycles. The molecule has 4 nitrogen and oxygen atoms in total. The Hall–Kier alpha value is -0.750. The predicted octanol–water partition coefficient (Wildman–Crippen LogP) is 4.68. The molecule has 0 heterocycles. The van der Waals surface area contributed by atoms with Crippen molar-refractivity contribution in [3.05, 3.63) is 27.1 Å². The number of halogens is 2. The van der Waals surface area contributed by atoms with E-state index in [9.17, 15) is 4.79 Å². The number of anilines is 1. The largest absolute Gasteiger partial charge is 0.444 e. The van der Waals surface area contributed by atoms with Gasteiger partial charge in [-0.25, -0.2) is 4.79 Å². The van der Waals surface area contributed by atoms with Gasteiger partial charge in [0.05, 0.1) is 0 Å². The van der Waals surface area contributed by atoms with E-state index in [2.05, 4.69) is 42.5 Å². The van der Waals surface area contributed by atoms with Gasteiger partial charge in [-0.15, -0.1) is 0 Å². The van der Waals surface area contributed by atoms with Gasteiger partial charge in [-0.3, -0.25) is 0 Å². The first-order valence-corrected chi connectivity index (χ1v) is 8.52. The van der Waals surface area contributed by atoms with Gasteiger partial charge in [-0.1, -0.05) is 15.9 Å². The number of rotatable bonds is 3. The summed E-state index contributed by atoms with van der Waals surface area (Å²) in [5.74, 6) is 0. The summed E-state index contributed by atoms with van der Waals surface area (Å²) in [6.45, 7) is 5.59. The van der Waals surface area contributed by atoms with Gasteiger partial charge in [-0.05, 0) is 67.7 Å². The molecule has 1 fully saturated rings. The highest BCUT2D eigenvalue weighted by Crippen LogP contribution is 2.30. The van der Waals surface area contributed by atoms with Gasteiger partial charge in [0, 0.05) is 26.7 Å². The van der Waals surface area contributed by atoms with Gasteiger partial charge in [0.15, 0.2) is 0 Å².